The highest BCUT2D eigenvalue weighted by molar-refractivity contribution is 7.91. The molecule has 1 aliphatic heterocycles. The van der Waals surface area contributed by atoms with E-state index in [0.29, 0.717) is 35.0 Å². The number of hydrogen-bond acceptors (Lipinski definition) is 5. The van der Waals surface area contributed by atoms with Crippen molar-refractivity contribution in [1.29, 1.82) is 5.26 Å². The molecule has 1 amide bonds. The molecule has 1 N–H and O–H groups in total. The first kappa shape index (κ1) is 18.8. The monoisotopic (exact) mass is 391 g/mol. The zero-order chi connectivity index (χ0) is 18.9. The zero-order valence-electron chi connectivity index (χ0n) is 14.8. The number of nitrogens with one attached hydrogen (secondary N) is 1. The zero-order valence-corrected chi connectivity index (χ0v) is 16.4. The molecule has 1 aromatic heterocycles. The second-order valence-electron chi connectivity index (χ2n) is 6.64. The number of benzene rings is 1. The van der Waals surface area contributed by atoms with Crippen LogP contribution >= 0.6 is 11.3 Å². The van der Waals surface area contributed by atoms with Crippen LogP contribution in [-0.4, -0.2) is 38.9 Å². The molecule has 3 rings (SSSR count). The average Bonchev–Trinajstić information content (AvgIpc) is 2.97. The van der Waals surface area contributed by atoms with Crippen LogP contribution in [0.15, 0.2) is 22.4 Å². The van der Waals surface area contributed by atoms with Crippen molar-refractivity contribution >= 4 is 37.4 Å². The minimum Gasteiger partial charge on any atom is -0.343 e. The van der Waals surface area contributed by atoms with Crippen LogP contribution in [0.2, 0.25) is 0 Å². The van der Waals surface area contributed by atoms with E-state index in [1.54, 1.807) is 36.9 Å². The van der Waals surface area contributed by atoms with E-state index in [-0.39, 0.29) is 11.8 Å². The van der Waals surface area contributed by atoms with Gasteiger partial charge in [-0.25, -0.2) is 13.1 Å². The highest BCUT2D eigenvalue weighted by Gasteiger charge is 2.25. The Balaban J connectivity index is 1.73. The third-order valence-electron chi connectivity index (χ3n) is 4.89. The summed E-state index contributed by atoms with van der Waals surface area (Å²) in [6.45, 7) is 5.08. The van der Waals surface area contributed by atoms with E-state index in [1.165, 1.54) is 11.3 Å². The predicted molar refractivity (Wildman–Crippen MR) is 101 cm³/mol. The number of thiophene rings is 1. The Bertz CT molecular complexity index is 981. The van der Waals surface area contributed by atoms with Crippen LogP contribution < -0.4 is 4.72 Å². The van der Waals surface area contributed by atoms with Crippen molar-refractivity contribution in [2.45, 2.75) is 30.9 Å². The van der Waals surface area contributed by atoms with Crippen molar-refractivity contribution in [1.82, 2.24) is 9.62 Å². The summed E-state index contributed by atoms with van der Waals surface area (Å²) in [4.78, 5) is 13.2. The minimum atomic E-state index is -3.60. The van der Waals surface area contributed by atoms with Gasteiger partial charge in [0.2, 0.25) is 15.9 Å². The number of carbonyl (C=O) groups is 1. The van der Waals surface area contributed by atoms with Gasteiger partial charge in [-0.15, -0.1) is 11.3 Å². The van der Waals surface area contributed by atoms with Gasteiger partial charge in [0.1, 0.15) is 4.21 Å². The number of likely N-dealkylation sites (tertiary alicyclic amines) is 1. The summed E-state index contributed by atoms with van der Waals surface area (Å²) in [7, 11) is -3.60. The number of amides is 1. The Morgan fingerprint density at radius 2 is 2.08 bits per heavy atom. The number of sulfonamides is 1. The Morgan fingerprint density at radius 3 is 2.69 bits per heavy atom. The van der Waals surface area contributed by atoms with Crippen LogP contribution in [-0.2, 0) is 14.8 Å². The number of nitriles is 1. The minimum absolute atomic E-state index is 0.0710. The van der Waals surface area contributed by atoms with Gasteiger partial charge in [-0.3, -0.25) is 4.79 Å². The van der Waals surface area contributed by atoms with Gasteiger partial charge in [0.15, 0.2) is 0 Å². The van der Waals surface area contributed by atoms with Gasteiger partial charge in [-0.2, -0.15) is 5.26 Å². The molecule has 0 bridgehead atoms. The molecule has 0 saturated carbocycles. The predicted octanol–water partition coefficient (Wildman–Crippen LogP) is 2.62. The Hall–Kier alpha value is -1.95. The SMILES string of the molecule is CC(=O)N1CCC(CNS(=O)(=O)c2sc3ccc(C#N)cc3c2C)CC1. The van der Waals surface area contributed by atoms with E-state index < -0.39 is 10.0 Å². The lowest BCUT2D eigenvalue weighted by Crippen LogP contribution is -2.40. The molecule has 1 saturated heterocycles. The van der Waals surface area contributed by atoms with Gasteiger partial charge in [0.25, 0.3) is 0 Å². The molecule has 6 nitrogen and oxygen atoms in total. The molecule has 0 aliphatic carbocycles. The molecule has 2 heterocycles. The maximum absolute atomic E-state index is 12.8. The second kappa shape index (κ2) is 7.35. The fraction of sp³-hybridized carbons (Fsp3) is 0.444. The molecule has 1 fully saturated rings. The lowest BCUT2D eigenvalue weighted by molar-refractivity contribution is -0.130. The van der Waals surface area contributed by atoms with Crippen molar-refractivity contribution in [2.24, 2.45) is 5.92 Å². The molecule has 0 atom stereocenters. The lowest BCUT2D eigenvalue weighted by atomic mass is 9.97. The maximum atomic E-state index is 12.8. The topological polar surface area (TPSA) is 90.3 Å². The first-order valence-corrected chi connectivity index (χ1v) is 10.8. The van der Waals surface area contributed by atoms with Crippen molar-refractivity contribution in [3.05, 3.63) is 29.3 Å². The molecular weight excluding hydrogens is 370 g/mol. The first-order chi connectivity index (χ1) is 12.3. The molecular formula is C18H21N3O3S2. The summed E-state index contributed by atoms with van der Waals surface area (Å²) in [5, 5.41) is 9.84. The standard InChI is InChI=1S/C18H21N3O3S2/c1-12-16-9-15(10-19)3-4-17(16)25-18(12)26(23,24)20-11-14-5-7-21(8-6-14)13(2)22/h3-4,9,14,20H,5-8,11H2,1-2H3. The van der Waals surface area contributed by atoms with Gasteiger partial charge >= 0.3 is 0 Å². The quantitative estimate of drug-likeness (QED) is 0.867. The number of carbonyl (C=O) groups excluding carboxylic acids is 1. The van der Waals surface area contributed by atoms with E-state index >= 15 is 0 Å². The number of rotatable bonds is 4. The van der Waals surface area contributed by atoms with Crippen molar-refractivity contribution in [3.8, 4) is 6.07 Å². The fourth-order valence-corrected chi connectivity index (χ4v) is 6.17. The normalized spacial score (nSPS) is 16.0. The molecule has 0 radical (unpaired) electrons. The summed E-state index contributed by atoms with van der Waals surface area (Å²) in [5.74, 6) is 0.307. The van der Waals surface area contributed by atoms with E-state index in [0.717, 1.165) is 22.9 Å². The molecule has 2 aromatic rings. The van der Waals surface area contributed by atoms with Crippen molar-refractivity contribution in [2.75, 3.05) is 19.6 Å². The molecule has 1 aromatic carbocycles. The van der Waals surface area contributed by atoms with Gasteiger partial charge in [0, 0.05) is 31.3 Å². The fourth-order valence-electron chi connectivity index (χ4n) is 3.27. The molecule has 0 unspecified atom stereocenters. The van der Waals surface area contributed by atoms with E-state index in [1.807, 2.05) is 0 Å². The number of nitrogens with zero attached hydrogens (tertiary/aromatic N) is 2. The summed E-state index contributed by atoms with van der Waals surface area (Å²) < 4.78 is 29.4. The number of fused-ring (bicyclic) bond motifs is 1. The highest BCUT2D eigenvalue weighted by Crippen LogP contribution is 2.34. The number of aryl methyl sites for hydroxylation is 1. The average molecular weight is 392 g/mol. The number of piperidine rings is 1. The van der Waals surface area contributed by atoms with Crippen molar-refractivity contribution in [3.63, 3.8) is 0 Å². The summed E-state index contributed by atoms with van der Waals surface area (Å²) in [5.41, 5.74) is 1.20. The van der Waals surface area contributed by atoms with Crippen LogP contribution in [0.3, 0.4) is 0 Å². The first-order valence-electron chi connectivity index (χ1n) is 8.50. The third kappa shape index (κ3) is 3.75. The van der Waals surface area contributed by atoms with E-state index in [4.69, 9.17) is 5.26 Å². The van der Waals surface area contributed by atoms with Gasteiger partial charge < -0.3 is 4.90 Å². The second-order valence-corrected chi connectivity index (χ2v) is 9.65. The van der Waals surface area contributed by atoms with Crippen LogP contribution in [0.25, 0.3) is 10.1 Å². The highest BCUT2D eigenvalue weighted by atomic mass is 32.2. The number of hydrogen-bond donors (Lipinski definition) is 1. The molecule has 138 valence electrons. The largest absolute Gasteiger partial charge is 0.343 e. The third-order valence-corrected chi connectivity index (χ3v) is 8.20. The molecule has 8 heteroatoms. The summed E-state index contributed by atoms with van der Waals surface area (Å²) in [6, 6.07) is 7.31. The molecule has 0 spiro atoms. The van der Waals surface area contributed by atoms with Gasteiger partial charge in [0.05, 0.1) is 11.6 Å². The smallest absolute Gasteiger partial charge is 0.250 e. The summed E-state index contributed by atoms with van der Waals surface area (Å²) >= 11 is 1.23. The molecule has 26 heavy (non-hydrogen) atoms. The Morgan fingerprint density at radius 1 is 1.38 bits per heavy atom. The lowest BCUT2D eigenvalue weighted by Gasteiger charge is -2.31. The molecule has 1 aliphatic rings. The Kier molecular flexibility index (Phi) is 5.32. The maximum Gasteiger partial charge on any atom is 0.250 e. The van der Waals surface area contributed by atoms with Crippen LogP contribution in [0.5, 0.6) is 0 Å². The van der Waals surface area contributed by atoms with E-state index in [9.17, 15) is 13.2 Å². The summed E-state index contributed by atoms with van der Waals surface area (Å²) in [6.07, 6.45) is 1.61. The Labute approximate surface area is 157 Å². The van der Waals surface area contributed by atoms with Crippen LogP contribution in [0.1, 0.15) is 30.9 Å². The van der Waals surface area contributed by atoms with E-state index in [2.05, 4.69) is 10.8 Å². The van der Waals surface area contributed by atoms with Gasteiger partial charge in [-0.1, -0.05) is 0 Å². The van der Waals surface area contributed by atoms with Crippen molar-refractivity contribution < 1.29 is 13.2 Å². The van der Waals surface area contributed by atoms with Crippen LogP contribution in [0, 0.1) is 24.2 Å². The van der Waals surface area contributed by atoms with Gasteiger partial charge in [-0.05, 0) is 54.8 Å². The van der Waals surface area contributed by atoms with Crippen LogP contribution in [0.4, 0.5) is 0 Å².